The van der Waals surface area contributed by atoms with Crippen molar-refractivity contribution >= 4 is 5.97 Å². The zero-order valence-electron chi connectivity index (χ0n) is 11.0. The first kappa shape index (κ1) is 13.1. The maximum atomic E-state index is 13.3. The first-order chi connectivity index (χ1) is 8.25. The highest BCUT2D eigenvalue weighted by atomic mass is 19.1. The minimum atomic E-state index is -0.889. The van der Waals surface area contributed by atoms with Crippen LogP contribution in [0.2, 0.25) is 0 Å². The van der Waals surface area contributed by atoms with Crippen molar-refractivity contribution in [3.05, 3.63) is 35.6 Å². The number of aliphatic carboxylic acids is 1. The minimum absolute atomic E-state index is 0.103. The molecule has 98 valence electrons. The molecule has 2 rings (SSSR count). The van der Waals surface area contributed by atoms with E-state index >= 15 is 0 Å². The van der Waals surface area contributed by atoms with Crippen LogP contribution in [-0.4, -0.2) is 11.1 Å². The van der Waals surface area contributed by atoms with Crippen molar-refractivity contribution in [2.24, 2.45) is 11.3 Å². The van der Waals surface area contributed by atoms with E-state index in [1.54, 1.807) is 12.1 Å². The van der Waals surface area contributed by atoms with Gasteiger partial charge in [0.25, 0.3) is 0 Å². The molecule has 3 heteroatoms. The lowest BCUT2D eigenvalue weighted by Gasteiger charge is -2.50. The topological polar surface area (TPSA) is 37.3 Å². The fraction of sp³-hybridized carbons (Fsp3) is 0.533. The van der Waals surface area contributed by atoms with Gasteiger partial charge in [-0.05, 0) is 41.9 Å². The van der Waals surface area contributed by atoms with Crippen LogP contribution in [0.4, 0.5) is 4.39 Å². The molecule has 18 heavy (non-hydrogen) atoms. The molecule has 0 bridgehead atoms. The molecular weight excluding hydrogens is 231 g/mol. The summed E-state index contributed by atoms with van der Waals surface area (Å²) in [6.07, 6.45) is 1.19. The maximum Gasteiger partial charge on any atom is 0.314 e. The summed E-state index contributed by atoms with van der Waals surface area (Å²) < 4.78 is 13.3. The highest BCUT2D eigenvalue weighted by Gasteiger charge is 2.54. The molecule has 1 aliphatic rings. The van der Waals surface area contributed by atoms with Crippen molar-refractivity contribution in [1.82, 2.24) is 0 Å². The average Bonchev–Trinajstić information content (AvgIpc) is 2.12. The van der Waals surface area contributed by atoms with E-state index < -0.39 is 11.4 Å². The fourth-order valence-electron chi connectivity index (χ4n) is 2.71. The molecule has 1 N–H and O–H groups in total. The molecule has 0 radical (unpaired) electrons. The Bertz CT molecular complexity index is 468. The molecule has 0 aliphatic heterocycles. The summed E-state index contributed by atoms with van der Waals surface area (Å²) in [4.78, 5) is 11.6. The van der Waals surface area contributed by atoms with Crippen molar-refractivity contribution in [1.29, 1.82) is 0 Å². The van der Waals surface area contributed by atoms with Gasteiger partial charge >= 0.3 is 5.97 Å². The molecule has 1 aromatic rings. The molecule has 1 fully saturated rings. The number of carboxylic acid groups (broad SMARTS) is 1. The summed E-state index contributed by atoms with van der Waals surface area (Å²) >= 11 is 0. The van der Waals surface area contributed by atoms with Crippen LogP contribution in [0.1, 0.15) is 39.2 Å². The van der Waals surface area contributed by atoms with Gasteiger partial charge in [-0.1, -0.05) is 32.9 Å². The van der Waals surface area contributed by atoms with Crippen LogP contribution in [0.3, 0.4) is 0 Å². The van der Waals surface area contributed by atoms with Crippen LogP contribution in [0, 0.1) is 17.2 Å². The van der Waals surface area contributed by atoms with Crippen LogP contribution >= 0.6 is 0 Å². The van der Waals surface area contributed by atoms with Gasteiger partial charge in [0.05, 0.1) is 5.41 Å². The van der Waals surface area contributed by atoms with Crippen LogP contribution in [-0.2, 0) is 10.2 Å². The van der Waals surface area contributed by atoms with Gasteiger partial charge in [-0.25, -0.2) is 4.39 Å². The van der Waals surface area contributed by atoms with Crippen molar-refractivity contribution in [2.45, 2.75) is 39.0 Å². The van der Waals surface area contributed by atoms with E-state index in [1.165, 1.54) is 12.1 Å². The van der Waals surface area contributed by atoms with Gasteiger partial charge in [-0.15, -0.1) is 0 Å². The van der Waals surface area contributed by atoms with Crippen molar-refractivity contribution in [2.75, 3.05) is 0 Å². The lowest BCUT2D eigenvalue weighted by Crippen LogP contribution is -2.51. The fourth-order valence-corrected chi connectivity index (χ4v) is 2.71. The Hall–Kier alpha value is -1.38. The lowest BCUT2D eigenvalue weighted by molar-refractivity contribution is -0.152. The molecule has 0 saturated heterocycles. The number of hydrogen-bond acceptors (Lipinski definition) is 1. The molecule has 0 atom stereocenters. The van der Waals surface area contributed by atoms with E-state index in [-0.39, 0.29) is 11.2 Å². The molecule has 1 aliphatic carbocycles. The Morgan fingerprint density at radius 1 is 1.39 bits per heavy atom. The third-order valence-electron chi connectivity index (χ3n) is 4.20. The lowest BCUT2D eigenvalue weighted by atomic mass is 9.52. The van der Waals surface area contributed by atoms with Crippen LogP contribution in [0.25, 0.3) is 0 Å². The van der Waals surface area contributed by atoms with Gasteiger partial charge in [-0.2, -0.15) is 0 Å². The first-order valence-electron chi connectivity index (χ1n) is 6.25. The average molecular weight is 250 g/mol. The SMILES string of the molecule is CC(C)(C)C1CC(C(=O)O)(c2cccc(F)c2)C1. The Morgan fingerprint density at radius 2 is 2.00 bits per heavy atom. The van der Waals surface area contributed by atoms with Gasteiger partial charge in [0.1, 0.15) is 5.82 Å². The second-order valence-corrected chi connectivity index (χ2v) is 6.37. The van der Waals surface area contributed by atoms with Gasteiger partial charge in [0, 0.05) is 0 Å². The standard InChI is InChI=1S/C15H19FO2/c1-14(2,3)11-8-15(9-11,13(17)18)10-5-4-6-12(16)7-10/h4-7,11H,8-9H2,1-3H3,(H,17,18). The first-order valence-corrected chi connectivity index (χ1v) is 6.25. The Kier molecular flexibility index (Phi) is 2.96. The zero-order chi connectivity index (χ0) is 13.6. The molecule has 0 aromatic heterocycles. The summed E-state index contributed by atoms with van der Waals surface area (Å²) in [6, 6.07) is 6.00. The van der Waals surface area contributed by atoms with Crippen LogP contribution in [0.15, 0.2) is 24.3 Å². The smallest absolute Gasteiger partial charge is 0.314 e. The number of benzene rings is 1. The molecule has 0 heterocycles. The van der Waals surface area contributed by atoms with E-state index in [2.05, 4.69) is 20.8 Å². The number of hydrogen-bond donors (Lipinski definition) is 1. The second kappa shape index (κ2) is 4.08. The molecule has 0 spiro atoms. The van der Waals surface area contributed by atoms with Crippen LogP contribution in [0.5, 0.6) is 0 Å². The van der Waals surface area contributed by atoms with E-state index in [4.69, 9.17) is 0 Å². The highest BCUT2D eigenvalue weighted by molar-refractivity contribution is 5.82. The van der Waals surface area contributed by atoms with E-state index in [9.17, 15) is 14.3 Å². The Balaban J connectivity index is 2.30. The largest absolute Gasteiger partial charge is 0.481 e. The Labute approximate surface area is 107 Å². The molecule has 1 aromatic carbocycles. The molecular formula is C15H19FO2. The summed E-state index contributed by atoms with van der Waals surface area (Å²) in [5.74, 6) is -0.835. The van der Waals surface area contributed by atoms with Crippen molar-refractivity contribution < 1.29 is 14.3 Å². The van der Waals surface area contributed by atoms with E-state index in [0.29, 0.717) is 24.3 Å². The number of carboxylic acids is 1. The van der Waals surface area contributed by atoms with E-state index in [1.807, 2.05) is 0 Å². The van der Waals surface area contributed by atoms with Crippen molar-refractivity contribution in [3.8, 4) is 0 Å². The predicted molar refractivity (Wildman–Crippen MR) is 67.9 cm³/mol. The number of rotatable bonds is 2. The van der Waals surface area contributed by atoms with Gasteiger partial charge in [0.2, 0.25) is 0 Å². The third-order valence-corrected chi connectivity index (χ3v) is 4.20. The Morgan fingerprint density at radius 3 is 2.44 bits per heavy atom. The number of halogens is 1. The maximum absolute atomic E-state index is 13.3. The third kappa shape index (κ3) is 2.02. The summed E-state index contributed by atoms with van der Waals surface area (Å²) in [5.41, 5.74) is -0.192. The quantitative estimate of drug-likeness (QED) is 0.870. The summed E-state index contributed by atoms with van der Waals surface area (Å²) in [5, 5.41) is 9.49. The molecule has 0 amide bonds. The molecule has 2 nitrogen and oxygen atoms in total. The highest BCUT2D eigenvalue weighted by Crippen LogP contribution is 2.54. The van der Waals surface area contributed by atoms with E-state index in [0.717, 1.165) is 0 Å². The van der Waals surface area contributed by atoms with Crippen LogP contribution < -0.4 is 0 Å². The normalized spacial score (nSPS) is 27.7. The zero-order valence-corrected chi connectivity index (χ0v) is 11.0. The van der Waals surface area contributed by atoms with Gasteiger partial charge < -0.3 is 5.11 Å². The van der Waals surface area contributed by atoms with Crippen molar-refractivity contribution in [3.63, 3.8) is 0 Å². The monoisotopic (exact) mass is 250 g/mol. The predicted octanol–water partition coefficient (Wildman–Crippen LogP) is 3.60. The summed E-state index contributed by atoms with van der Waals surface area (Å²) in [6.45, 7) is 6.36. The second-order valence-electron chi connectivity index (χ2n) is 6.37. The molecule has 1 saturated carbocycles. The number of carbonyl (C=O) groups is 1. The minimum Gasteiger partial charge on any atom is -0.481 e. The molecule has 0 unspecified atom stereocenters. The van der Waals surface area contributed by atoms with Gasteiger partial charge in [0.15, 0.2) is 0 Å². The summed E-state index contributed by atoms with van der Waals surface area (Å²) in [7, 11) is 0. The van der Waals surface area contributed by atoms with Gasteiger partial charge in [-0.3, -0.25) is 4.79 Å².